The molecule has 0 radical (unpaired) electrons. The number of benzene rings is 1. The largest absolute Gasteiger partial charge is 0.301 e. The maximum atomic E-state index is 10.7. The highest BCUT2D eigenvalue weighted by Crippen LogP contribution is 2.07. The fraction of sp³-hybridized carbons (Fsp3) is 0. The molecule has 0 fully saturated rings. The number of aromatic nitrogens is 2. The zero-order valence-corrected chi connectivity index (χ0v) is 8.02. The van der Waals surface area contributed by atoms with Crippen molar-refractivity contribution in [1.29, 1.82) is 0 Å². The smallest absolute Gasteiger partial charge is 0.207 e. The predicted octanol–water partition coefficient (Wildman–Crippen LogP) is 1.45. The third-order valence-electron chi connectivity index (χ3n) is 1.76. The Hall–Kier alpha value is -1.46. The van der Waals surface area contributed by atoms with E-state index in [1.165, 1.54) is 6.07 Å². The van der Waals surface area contributed by atoms with Crippen molar-refractivity contribution in [3.05, 3.63) is 42.6 Å². The van der Waals surface area contributed by atoms with E-state index in [0.717, 1.165) is 5.69 Å². The van der Waals surface area contributed by atoms with E-state index in [-0.39, 0.29) is 5.03 Å². The van der Waals surface area contributed by atoms with Crippen LogP contribution in [-0.2, 0) is 11.1 Å². The van der Waals surface area contributed by atoms with Gasteiger partial charge < -0.3 is 4.55 Å². The summed E-state index contributed by atoms with van der Waals surface area (Å²) >= 11 is -2.01. The molecule has 0 aliphatic heterocycles. The molecule has 0 bridgehead atoms. The van der Waals surface area contributed by atoms with E-state index >= 15 is 0 Å². The Morgan fingerprint density at radius 3 is 2.50 bits per heavy atom. The van der Waals surface area contributed by atoms with Crippen LogP contribution in [0.1, 0.15) is 0 Å². The number of para-hydroxylation sites is 1. The van der Waals surface area contributed by atoms with Crippen LogP contribution in [0.15, 0.2) is 47.6 Å². The fourth-order valence-corrected chi connectivity index (χ4v) is 1.46. The van der Waals surface area contributed by atoms with E-state index in [4.69, 9.17) is 4.55 Å². The molecule has 4 nitrogen and oxygen atoms in total. The molecule has 0 saturated carbocycles. The van der Waals surface area contributed by atoms with E-state index in [1.54, 1.807) is 10.9 Å². The van der Waals surface area contributed by atoms with Crippen LogP contribution < -0.4 is 0 Å². The Balaban J connectivity index is 2.39. The molecule has 2 aromatic rings. The standard InChI is InChI=1S/C9H8N2O2S/c12-14(13)9-6-7-11(10-9)8-4-2-1-3-5-8/h1-7H,(H,12,13). The first-order valence-corrected chi connectivity index (χ1v) is 5.10. The van der Waals surface area contributed by atoms with Crippen molar-refractivity contribution >= 4 is 11.1 Å². The Bertz CT molecular complexity index is 453. The molecule has 0 spiro atoms. The van der Waals surface area contributed by atoms with Crippen molar-refractivity contribution in [2.45, 2.75) is 5.03 Å². The number of nitrogens with zero attached hydrogens (tertiary/aromatic N) is 2. The van der Waals surface area contributed by atoms with Gasteiger partial charge in [-0.3, -0.25) is 0 Å². The van der Waals surface area contributed by atoms with Gasteiger partial charge in [0, 0.05) is 6.20 Å². The first kappa shape index (κ1) is 9.11. The second-order valence-electron chi connectivity index (χ2n) is 2.68. The van der Waals surface area contributed by atoms with Crippen molar-refractivity contribution in [2.24, 2.45) is 0 Å². The van der Waals surface area contributed by atoms with E-state index in [2.05, 4.69) is 5.10 Å². The lowest BCUT2D eigenvalue weighted by molar-refractivity contribution is 0.558. The van der Waals surface area contributed by atoms with Crippen molar-refractivity contribution in [3.63, 3.8) is 0 Å². The monoisotopic (exact) mass is 208 g/mol. The van der Waals surface area contributed by atoms with E-state index in [0.29, 0.717) is 0 Å². The maximum Gasteiger partial charge on any atom is 0.207 e. The second-order valence-corrected chi connectivity index (χ2v) is 3.60. The second kappa shape index (κ2) is 3.73. The Morgan fingerprint density at radius 2 is 1.93 bits per heavy atom. The molecular weight excluding hydrogens is 200 g/mol. The first-order valence-electron chi connectivity index (χ1n) is 3.99. The Kier molecular flexibility index (Phi) is 2.43. The molecule has 0 aliphatic rings. The third kappa shape index (κ3) is 1.73. The van der Waals surface area contributed by atoms with Gasteiger partial charge in [-0.05, 0) is 18.2 Å². The quantitative estimate of drug-likeness (QED) is 0.760. The summed E-state index contributed by atoms with van der Waals surface area (Å²) < 4.78 is 21.0. The molecule has 2 rings (SSSR count). The zero-order chi connectivity index (χ0) is 9.97. The minimum atomic E-state index is -2.01. The third-order valence-corrected chi connectivity index (χ3v) is 2.34. The summed E-state index contributed by atoms with van der Waals surface area (Å²) in [6.07, 6.45) is 1.65. The van der Waals surface area contributed by atoms with Gasteiger partial charge in [-0.2, -0.15) is 5.10 Å². The van der Waals surface area contributed by atoms with Crippen LogP contribution in [0.5, 0.6) is 0 Å². The van der Waals surface area contributed by atoms with Crippen molar-refractivity contribution in [2.75, 3.05) is 0 Å². The molecule has 0 amide bonds. The minimum Gasteiger partial charge on any atom is -0.301 e. The SMILES string of the molecule is O=S(O)c1ccn(-c2ccccc2)n1. The van der Waals surface area contributed by atoms with Crippen LogP contribution in [-0.4, -0.2) is 18.5 Å². The normalized spacial score (nSPS) is 12.6. The molecule has 1 aromatic carbocycles. The summed E-state index contributed by atoms with van der Waals surface area (Å²) in [6, 6.07) is 10.9. The predicted molar refractivity (Wildman–Crippen MR) is 52.6 cm³/mol. The topological polar surface area (TPSA) is 55.1 Å². The molecule has 1 N–H and O–H groups in total. The lowest BCUT2D eigenvalue weighted by Gasteiger charge is -1.98. The Labute approximate surface area is 83.5 Å². The van der Waals surface area contributed by atoms with Gasteiger partial charge in [-0.25, -0.2) is 8.89 Å². The summed E-state index contributed by atoms with van der Waals surface area (Å²) in [5.41, 5.74) is 0.865. The lowest BCUT2D eigenvalue weighted by atomic mass is 10.3. The number of rotatable bonds is 2. The van der Waals surface area contributed by atoms with Crippen LogP contribution in [0.3, 0.4) is 0 Å². The molecular formula is C9H8N2O2S. The molecule has 5 heteroatoms. The molecule has 0 aliphatic carbocycles. The van der Waals surface area contributed by atoms with Crippen LogP contribution in [0.25, 0.3) is 5.69 Å². The summed E-state index contributed by atoms with van der Waals surface area (Å²) in [6.45, 7) is 0. The highest BCUT2D eigenvalue weighted by molar-refractivity contribution is 7.79. The number of hydrogen-bond donors (Lipinski definition) is 1. The van der Waals surface area contributed by atoms with Gasteiger partial charge in [-0.1, -0.05) is 18.2 Å². The van der Waals surface area contributed by atoms with Crippen LogP contribution in [0.4, 0.5) is 0 Å². The summed E-state index contributed by atoms with van der Waals surface area (Å²) in [4.78, 5) is 0. The van der Waals surface area contributed by atoms with Crippen LogP contribution >= 0.6 is 0 Å². The molecule has 1 unspecified atom stereocenters. The molecule has 1 atom stereocenters. The van der Waals surface area contributed by atoms with E-state index in [1.807, 2.05) is 30.3 Å². The molecule has 1 heterocycles. The van der Waals surface area contributed by atoms with Crippen molar-refractivity contribution < 1.29 is 8.76 Å². The van der Waals surface area contributed by atoms with Gasteiger partial charge in [0.1, 0.15) is 0 Å². The van der Waals surface area contributed by atoms with Crippen molar-refractivity contribution in [1.82, 2.24) is 9.78 Å². The Morgan fingerprint density at radius 1 is 1.21 bits per heavy atom. The number of hydrogen-bond acceptors (Lipinski definition) is 2. The van der Waals surface area contributed by atoms with Gasteiger partial charge in [0.25, 0.3) is 0 Å². The van der Waals surface area contributed by atoms with Crippen LogP contribution in [0.2, 0.25) is 0 Å². The molecule has 14 heavy (non-hydrogen) atoms. The average molecular weight is 208 g/mol. The highest BCUT2D eigenvalue weighted by Gasteiger charge is 2.04. The summed E-state index contributed by atoms with van der Waals surface area (Å²) in [5, 5.41) is 4.11. The van der Waals surface area contributed by atoms with Gasteiger partial charge in [-0.15, -0.1) is 0 Å². The molecule has 0 saturated heterocycles. The van der Waals surface area contributed by atoms with E-state index < -0.39 is 11.1 Å². The van der Waals surface area contributed by atoms with Crippen molar-refractivity contribution in [3.8, 4) is 5.69 Å². The van der Waals surface area contributed by atoms with Crippen LogP contribution in [0, 0.1) is 0 Å². The maximum absolute atomic E-state index is 10.7. The fourth-order valence-electron chi connectivity index (χ4n) is 1.12. The highest BCUT2D eigenvalue weighted by atomic mass is 32.2. The molecule has 1 aromatic heterocycles. The lowest BCUT2D eigenvalue weighted by Crippen LogP contribution is -1.96. The van der Waals surface area contributed by atoms with Gasteiger partial charge in [0.05, 0.1) is 5.69 Å². The van der Waals surface area contributed by atoms with Gasteiger partial charge in [0.15, 0.2) is 5.03 Å². The van der Waals surface area contributed by atoms with E-state index in [9.17, 15) is 4.21 Å². The molecule has 72 valence electrons. The van der Waals surface area contributed by atoms with Gasteiger partial charge >= 0.3 is 0 Å². The summed E-state index contributed by atoms with van der Waals surface area (Å²) in [5.74, 6) is 0. The minimum absolute atomic E-state index is 0.161. The summed E-state index contributed by atoms with van der Waals surface area (Å²) in [7, 11) is 0. The zero-order valence-electron chi connectivity index (χ0n) is 7.20. The van der Waals surface area contributed by atoms with Gasteiger partial charge in [0.2, 0.25) is 11.1 Å². The average Bonchev–Trinajstić information content (AvgIpc) is 2.68. The first-order chi connectivity index (χ1) is 6.77.